The molecule has 0 unspecified atom stereocenters. The number of rotatable bonds is 0. The van der Waals surface area contributed by atoms with Crippen molar-refractivity contribution in [2.24, 2.45) is 0 Å². The number of H-pyrrole nitrogens is 1. The summed E-state index contributed by atoms with van der Waals surface area (Å²) in [6.45, 7) is 0. The molecule has 4 heterocycles. The van der Waals surface area contributed by atoms with Crippen LogP contribution in [-0.2, 0) is 0 Å². The molecule has 152 valence electrons. The zero-order valence-corrected chi connectivity index (χ0v) is 17.6. The van der Waals surface area contributed by atoms with Crippen molar-refractivity contribution in [3.8, 4) is 0 Å². The maximum absolute atomic E-state index is 3.63. The fourth-order valence-corrected chi connectivity index (χ4v) is 6.34. The molecular weight excluding hydrogens is 402 g/mol. The van der Waals surface area contributed by atoms with Crippen LogP contribution in [0.15, 0.2) is 97.1 Å². The van der Waals surface area contributed by atoms with E-state index in [4.69, 9.17) is 0 Å². The van der Waals surface area contributed by atoms with Crippen molar-refractivity contribution in [1.82, 2.24) is 13.8 Å². The van der Waals surface area contributed by atoms with Crippen LogP contribution in [0.3, 0.4) is 0 Å². The molecule has 1 N–H and O–H groups in total. The van der Waals surface area contributed by atoms with Gasteiger partial charge in [-0.1, -0.05) is 60.7 Å². The van der Waals surface area contributed by atoms with Gasteiger partial charge in [-0.05, 0) is 36.4 Å². The highest BCUT2D eigenvalue weighted by Gasteiger charge is 2.22. The number of nitrogens with one attached hydrogen (secondary N) is 1. The minimum absolute atomic E-state index is 1.19. The molecule has 0 saturated carbocycles. The van der Waals surface area contributed by atoms with Crippen molar-refractivity contribution in [2.75, 3.05) is 0 Å². The molecule has 0 bridgehead atoms. The van der Waals surface area contributed by atoms with Gasteiger partial charge in [-0.3, -0.25) is 0 Å². The SMILES string of the molecule is c1ccc2c(c1)[nH]c1ccc3c(c4cccc5c4n3c3cccc4c6ccccc6n5c43)c12. The van der Waals surface area contributed by atoms with Crippen LogP contribution < -0.4 is 0 Å². The van der Waals surface area contributed by atoms with Crippen molar-refractivity contribution < 1.29 is 0 Å². The predicted octanol–water partition coefficient (Wildman–Crippen LogP) is 7.88. The lowest BCUT2D eigenvalue weighted by Gasteiger charge is -2.11. The van der Waals surface area contributed by atoms with Gasteiger partial charge < -0.3 is 13.8 Å². The fourth-order valence-electron chi connectivity index (χ4n) is 6.34. The predicted molar refractivity (Wildman–Crippen MR) is 139 cm³/mol. The monoisotopic (exact) mass is 419 g/mol. The maximum atomic E-state index is 3.63. The molecule has 0 spiro atoms. The number of nitrogens with zero attached hydrogens (tertiary/aromatic N) is 2. The lowest BCUT2D eigenvalue weighted by molar-refractivity contribution is 1.26. The average molecular weight is 419 g/mol. The number of hydrogen-bond donors (Lipinski definition) is 1. The summed E-state index contributed by atoms with van der Waals surface area (Å²) in [7, 11) is 0. The molecule has 3 nitrogen and oxygen atoms in total. The molecule has 0 atom stereocenters. The quantitative estimate of drug-likeness (QED) is 0.242. The molecule has 4 aromatic heterocycles. The van der Waals surface area contributed by atoms with E-state index in [1.807, 2.05) is 0 Å². The van der Waals surface area contributed by atoms with Gasteiger partial charge >= 0.3 is 0 Å². The second kappa shape index (κ2) is 5.28. The maximum Gasteiger partial charge on any atom is 0.0783 e. The summed E-state index contributed by atoms with van der Waals surface area (Å²) < 4.78 is 4.95. The van der Waals surface area contributed by atoms with Gasteiger partial charge in [-0.2, -0.15) is 0 Å². The van der Waals surface area contributed by atoms with Crippen LogP contribution >= 0.6 is 0 Å². The minimum atomic E-state index is 1.19. The second-order valence-corrected chi connectivity index (χ2v) is 9.09. The Morgan fingerprint density at radius 2 is 1.03 bits per heavy atom. The number of aromatic nitrogens is 3. The Hall–Kier alpha value is -4.50. The lowest BCUT2D eigenvalue weighted by Crippen LogP contribution is -1.96. The topological polar surface area (TPSA) is 24.6 Å². The molecule has 3 heteroatoms. The van der Waals surface area contributed by atoms with E-state index >= 15 is 0 Å². The van der Waals surface area contributed by atoms with Gasteiger partial charge in [-0.25, -0.2) is 0 Å². The first-order valence-electron chi connectivity index (χ1n) is 11.4. The van der Waals surface area contributed by atoms with Gasteiger partial charge in [0, 0.05) is 43.4 Å². The largest absolute Gasteiger partial charge is 0.354 e. The summed E-state index contributed by atoms with van der Waals surface area (Å²) in [6, 6.07) is 35.4. The Kier molecular flexibility index (Phi) is 2.59. The van der Waals surface area contributed by atoms with Crippen LogP contribution in [0.5, 0.6) is 0 Å². The second-order valence-electron chi connectivity index (χ2n) is 9.09. The fraction of sp³-hybridized carbons (Fsp3) is 0. The molecule has 0 amide bonds. The van der Waals surface area contributed by atoms with Crippen molar-refractivity contribution in [3.05, 3.63) is 97.1 Å². The van der Waals surface area contributed by atoms with E-state index in [9.17, 15) is 0 Å². The van der Waals surface area contributed by atoms with Crippen molar-refractivity contribution in [1.29, 1.82) is 0 Å². The van der Waals surface area contributed by atoms with Crippen molar-refractivity contribution in [3.63, 3.8) is 0 Å². The van der Waals surface area contributed by atoms with Gasteiger partial charge in [0.05, 0.1) is 33.1 Å². The first-order chi connectivity index (χ1) is 16.4. The van der Waals surface area contributed by atoms with Crippen LogP contribution in [-0.4, -0.2) is 13.8 Å². The summed E-state index contributed by atoms with van der Waals surface area (Å²) in [5.41, 5.74) is 9.98. The Morgan fingerprint density at radius 3 is 1.91 bits per heavy atom. The van der Waals surface area contributed by atoms with Gasteiger partial charge in [0.2, 0.25) is 0 Å². The Balaban J connectivity index is 1.70. The number of para-hydroxylation sites is 4. The third-order valence-corrected chi connectivity index (χ3v) is 7.55. The zero-order valence-electron chi connectivity index (χ0n) is 17.6. The van der Waals surface area contributed by atoms with Crippen molar-refractivity contribution >= 4 is 76.5 Å². The number of hydrogen-bond acceptors (Lipinski definition) is 0. The third-order valence-electron chi connectivity index (χ3n) is 7.55. The smallest absolute Gasteiger partial charge is 0.0783 e. The number of fused-ring (bicyclic) bond motifs is 12. The molecule has 0 aliphatic carbocycles. The highest BCUT2D eigenvalue weighted by molar-refractivity contribution is 6.31. The van der Waals surface area contributed by atoms with E-state index in [0.29, 0.717) is 0 Å². The van der Waals surface area contributed by atoms with Crippen molar-refractivity contribution in [2.45, 2.75) is 0 Å². The summed E-state index contributed by atoms with van der Waals surface area (Å²) in [4.78, 5) is 3.63. The van der Waals surface area contributed by atoms with Crippen LogP contribution in [0.2, 0.25) is 0 Å². The van der Waals surface area contributed by atoms with E-state index in [1.165, 1.54) is 76.5 Å². The zero-order chi connectivity index (χ0) is 21.3. The summed E-state index contributed by atoms with van der Waals surface area (Å²) in [6.07, 6.45) is 0. The van der Waals surface area contributed by atoms with Gasteiger partial charge in [0.25, 0.3) is 0 Å². The first kappa shape index (κ1) is 16.2. The molecule has 0 aliphatic rings. The summed E-state index contributed by atoms with van der Waals surface area (Å²) >= 11 is 0. The van der Waals surface area contributed by atoms with Crippen LogP contribution in [0.25, 0.3) is 76.5 Å². The van der Waals surface area contributed by atoms with E-state index in [1.54, 1.807) is 0 Å². The van der Waals surface area contributed by atoms with Crippen LogP contribution in [0.1, 0.15) is 0 Å². The summed E-state index contributed by atoms with van der Waals surface area (Å²) in [5.74, 6) is 0. The van der Waals surface area contributed by atoms with Crippen LogP contribution in [0, 0.1) is 0 Å². The molecule has 9 aromatic rings. The third kappa shape index (κ3) is 1.70. The highest BCUT2D eigenvalue weighted by Crippen LogP contribution is 2.43. The molecule has 0 radical (unpaired) electrons. The van der Waals surface area contributed by atoms with E-state index < -0.39 is 0 Å². The molecule has 5 aromatic carbocycles. The van der Waals surface area contributed by atoms with Crippen LogP contribution in [0.4, 0.5) is 0 Å². The number of benzene rings is 5. The molecule has 0 fully saturated rings. The normalized spacial score (nSPS) is 12.8. The average Bonchev–Trinajstić information content (AvgIpc) is 3.51. The molecule has 33 heavy (non-hydrogen) atoms. The van der Waals surface area contributed by atoms with E-state index in [-0.39, 0.29) is 0 Å². The highest BCUT2D eigenvalue weighted by atomic mass is 15.0. The minimum Gasteiger partial charge on any atom is -0.354 e. The number of aromatic amines is 1. The Morgan fingerprint density at radius 1 is 0.394 bits per heavy atom. The standard InChI is InChI=1S/C30H17N3/c1-3-11-21-19(8-1)27-22(31-21)15-16-24-28(27)20-10-6-14-26-30(20)33(24)25-13-5-9-18-17-7-2-4-12-23(17)32(26)29(18)25/h1-16,31H. The first-order valence-corrected chi connectivity index (χ1v) is 11.4. The Labute approximate surface area is 187 Å². The van der Waals surface area contributed by atoms with Gasteiger partial charge in [-0.15, -0.1) is 0 Å². The molecule has 0 saturated heterocycles. The van der Waals surface area contributed by atoms with Gasteiger partial charge in [0.1, 0.15) is 0 Å². The molecule has 9 rings (SSSR count). The van der Waals surface area contributed by atoms with E-state index in [0.717, 1.165) is 0 Å². The lowest BCUT2D eigenvalue weighted by atomic mass is 10.1. The molecule has 0 aliphatic heterocycles. The van der Waals surface area contributed by atoms with Gasteiger partial charge in [0.15, 0.2) is 0 Å². The Bertz CT molecular complexity index is 2240. The molecular formula is C30H17N3. The van der Waals surface area contributed by atoms with E-state index in [2.05, 4.69) is 111 Å². The summed E-state index contributed by atoms with van der Waals surface area (Å²) in [5, 5.41) is 7.84.